The zero-order valence-electron chi connectivity index (χ0n) is 14.1. The van der Waals surface area contributed by atoms with Gasteiger partial charge in [0, 0.05) is 11.1 Å². The van der Waals surface area contributed by atoms with Crippen molar-refractivity contribution in [1.29, 1.82) is 0 Å². The molecule has 0 bridgehead atoms. The van der Waals surface area contributed by atoms with E-state index in [0.29, 0.717) is 18.2 Å². The molecule has 0 saturated heterocycles. The van der Waals surface area contributed by atoms with Gasteiger partial charge in [-0.2, -0.15) is 0 Å². The summed E-state index contributed by atoms with van der Waals surface area (Å²) in [6.07, 6.45) is 3.73. The molecule has 0 N–H and O–H groups in total. The maximum absolute atomic E-state index is 12.2. The van der Waals surface area contributed by atoms with Crippen LogP contribution in [0.3, 0.4) is 0 Å². The standard InChI is InChI=1S/C21H17NO3/c1-13-7-8-17(9-14(13)2)20-22-18(21(23)25-20)11-15-10-16-5-3-4-6-19(16)24-12-15/h3-11H,12H2,1-2H3/b18-11-. The number of ether oxygens (including phenoxy) is 2. The zero-order chi connectivity index (χ0) is 17.4. The van der Waals surface area contributed by atoms with Crippen LogP contribution in [0, 0.1) is 13.8 Å². The minimum Gasteiger partial charge on any atom is -0.488 e. The molecule has 0 atom stereocenters. The van der Waals surface area contributed by atoms with Crippen molar-refractivity contribution in [3.8, 4) is 5.75 Å². The first-order chi connectivity index (χ1) is 12.1. The smallest absolute Gasteiger partial charge is 0.363 e. The van der Waals surface area contributed by atoms with Gasteiger partial charge in [-0.15, -0.1) is 0 Å². The molecule has 0 radical (unpaired) electrons. The predicted octanol–water partition coefficient (Wildman–Crippen LogP) is 3.97. The van der Waals surface area contributed by atoms with Gasteiger partial charge >= 0.3 is 5.97 Å². The highest BCUT2D eigenvalue weighted by Gasteiger charge is 2.25. The van der Waals surface area contributed by atoms with Crippen LogP contribution < -0.4 is 4.74 Å². The minimum absolute atomic E-state index is 0.294. The molecule has 4 rings (SSSR count). The highest BCUT2D eigenvalue weighted by atomic mass is 16.6. The number of fused-ring (bicyclic) bond motifs is 1. The molecule has 0 fully saturated rings. The molecule has 4 heteroatoms. The summed E-state index contributed by atoms with van der Waals surface area (Å²) >= 11 is 0. The lowest BCUT2D eigenvalue weighted by Gasteiger charge is -2.15. The van der Waals surface area contributed by atoms with E-state index in [1.165, 1.54) is 5.56 Å². The fourth-order valence-corrected chi connectivity index (χ4v) is 2.80. The second kappa shape index (κ2) is 6.06. The van der Waals surface area contributed by atoms with Crippen LogP contribution in [-0.4, -0.2) is 18.5 Å². The Morgan fingerprint density at radius 2 is 1.92 bits per heavy atom. The summed E-state index contributed by atoms with van der Waals surface area (Å²) in [6.45, 7) is 4.47. The summed E-state index contributed by atoms with van der Waals surface area (Å²) in [4.78, 5) is 16.5. The topological polar surface area (TPSA) is 47.9 Å². The van der Waals surface area contributed by atoms with Crippen LogP contribution in [0.15, 0.2) is 64.8 Å². The van der Waals surface area contributed by atoms with Crippen LogP contribution in [0.2, 0.25) is 0 Å². The van der Waals surface area contributed by atoms with Gasteiger partial charge in [0.2, 0.25) is 5.90 Å². The van der Waals surface area contributed by atoms with Crippen molar-refractivity contribution in [1.82, 2.24) is 0 Å². The van der Waals surface area contributed by atoms with Crippen molar-refractivity contribution in [2.45, 2.75) is 13.8 Å². The third-order valence-corrected chi connectivity index (χ3v) is 4.35. The second-order valence-electron chi connectivity index (χ2n) is 6.18. The molecule has 0 amide bonds. The highest BCUT2D eigenvalue weighted by molar-refractivity contribution is 6.11. The predicted molar refractivity (Wildman–Crippen MR) is 96.5 cm³/mol. The van der Waals surface area contributed by atoms with E-state index in [0.717, 1.165) is 28.0 Å². The molecule has 4 nitrogen and oxygen atoms in total. The quantitative estimate of drug-likeness (QED) is 0.618. The van der Waals surface area contributed by atoms with E-state index < -0.39 is 5.97 Å². The van der Waals surface area contributed by atoms with Crippen molar-refractivity contribution in [2.24, 2.45) is 4.99 Å². The first-order valence-electron chi connectivity index (χ1n) is 8.13. The number of cyclic esters (lactones) is 1. The van der Waals surface area contributed by atoms with Gasteiger partial charge in [-0.1, -0.05) is 24.3 Å². The normalized spacial score (nSPS) is 17.5. The Morgan fingerprint density at radius 3 is 2.76 bits per heavy atom. The number of rotatable bonds is 2. The number of esters is 1. The van der Waals surface area contributed by atoms with Crippen molar-refractivity contribution in [3.05, 3.63) is 82.1 Å². The Labute approximate surface area is 146 Å². The first kappa shape index (κ1) is 15.4. The van der Waals surface area contributed by atoms with Gasteiger partial charge in [0.1, 0.15) is 12.4 Å². The van der Waals surface area contributed by atoms with Crippen LogP contribution >= 0.6 is 0 Å². The molecule has 2 aromatic carbocycles. The van der Waals surface area contributed by atoms with E-state index in [1.54, 1.807) is 6.08 Å². The lowest BCUT2D eigenvalue weighted by Crippen LogP contribution is -2.08. The molecule has 0 unspecified atom stereocenters. The molecule has 2 aliphatic rings. The number of benzene rings is 2. The van der Waals surface area contributed by atoms with Gasteiger partial charge < -0.3 is 9.47 Å². The van der Waals surface area contributed by atoms with Gasteiger partial charge in [-0.05, 0) is 60.9 Å². The molecule has 2 aliphatic heterocycles. The van der Waals surface area contributed by atoms with Crippen molar-refractivity contribution in [2.75, 3.05) is 6.61 Å². The fourth-order valence-electron chi connectivity index (χ4n) is 2.80. The number of para-hydroxylation sites is 1. The number of hydrogen-bond donors (Lipinski definition) is 0. The van der Waals surface area contributed by atoms with E-state index in [-0.39, 0.29) is 0 Å². The average molecular weight is 331 g/mol. The molecule has 25 heavy (non-hydrogen) atoms. The van der Waals surface area contributed by atoms with Crippen molar-refractivity contribution >= 4 is 17.9 Å². The van der Waals surface area contributed by atoms with Crippen LogP contribution in [0.5, 0.6) is 5.75 Å². The largest absolute Gasteiger partial charge is 0.488 e. The molecule has 124 valence electrons. The Morgan fingerprint density at radius 1 is 1.08 bits per heavy atom. The zero-order valence-corrected chi connectivity index (χ0v) is 14.1. The Kier molecular flexibility index (Phi) is 3.73. The van der Waals surface area contributed by atoms with E-state index in [2.05, 4.69) is 4.99 Å². The summed E-state index contributed by atoms with van der Waals surface area (Å²) in [6, 6.07) is 13.7. The Balaban J connectivity index is 1.65. The highest BCUT2D eigenvalue weighted by Crippen LogP contribution is 2.27. The molecule has 0 spiro atoms. The maximum Gasteiger partial charge on any atom is 0.363 e. The third kappa shape index (κ3) is 2.98. The summed E-state index contributed by atoms with van der Waals surface area (Å²) in [5.41, 5.74) is 5.30. The summed E-state index contributed by atoms with van der Waals surface area (Å²) in [5, 5.41) is 0. The SMILES string of the molecule is Cc1ccc(C2=N/C(=C\C3=Cc4ccccc4OC3)C(=O)O2)cc1C. The fraction of sp³-hybridized carbons (Fsp3) is 0.143. The first-order valence-corrected chi connectivity index (χ1v) is 8.13. The average Bonchev–Trinajstić information content (AvgIpc) is 2.98. The lowest BCUT2D eigenvalue weighted by molar-refractivity contribution is -0.130. The molecule has 0 aromatic heterocycles. The Bertz CT molecular complexity index is 967. The van der Waals surface area contributed by atoms with Crippen molar-refractivity contribution in [3.63, 3.8) is 0 Å². The van der Waals surface area contributed by atoms with Crippen LogP contribution in [0.1, 0.15) is 22.3 Å². The number of carbonyl (C=O) groups is 1. The number of aliphatic imine (C=N–C) groups is 1. The number of hydrogen-bond acceptors (Lipinski definition) is 4. The molecule has 2 heterocycles. The second-order valence-corrected chi connectivity index (χ2v) is 6.18. The summed E-state index contributed by atoms with van der Waals surface area (Å²) < 4.78 is 11.0. The summed E-state index contributed by atoms with van der Waals surface area (Å²) in [5.74, 6) is 0.753. The number of carbonyl (C=O) groups excluding carboxylic acids is 1. The maximum atomic E-state index is 12.2. The lowest BCUT2D eigenvalue weighted by atomic mass is 10.1. The van der Waals surface area contributed by atoms with Gasteiger partial charge in [-0.25, -0.2) is 9.79 Å². The molecule has 0 saturated carbocycles. The monoisotopic (exact) mass is 331 g/mol. The van der Waals surface area contributed by atoms with E-state index in [9.17, 15) is 4.79 Å². The van der Waals surface area contributed by atoms with Crippen LogP contribution in [0.4, 0.5) is 0 Å². The molecule has 0 aliphatic carbocycles. The van der Waals surface area contributed by atoms with E-state index in [4.69, 9.17) is 9.47 Å². The van der Waals surface area contributed by atoms with Gasteiger partial charge in [-0.3, -0.25) is 0 Å². The van der Waals surface area contributed by atoms with Gasteiger partial charge in [0.05, 0.1) is 0 Å². The Hall–Kier alpha value is -3.14. The summed E-state index contributed by atoms with van der Waals surface area (Å²) in [7, 11) is 0. The molecular formula is C21H17NO3. The van der Waals surface area contributed by atoms with Crippen LogP contribution in [0.25, 0.3) is 6.08 Å². The van der Waals surface area contributed by atoms with E-state index in [1.807, 2.05) is 62.4 Å². The third-order valence-electron chi connectivity index (χ3n) is 4.35. The van der Waals surface area contributed by atoms with Gasteiger partial charge in [0.15, 0.2) is 5.70 Å². The minimum atomic E-state index is -0.437. The van der Waals surface area contributed by atoms with Crippen LogP contribution in [-0.2, 0) is 9.53 Å². The van der Waals surface area contributed by atoms with Gasteiger partial charge in [0.25, 0.3) is 0 Å². The van der Waals surface area contributed by atoms with E-state index >= 15 is 0 Å². The van der Waals surface area contributed by atoms with Crippen molar-refractivity contribution < 1.29 is 14.3 Å². The molecular weight excluding hydrogens is 314 g/mol. The number of nitrogens with zero attached hydrogens (tertiary/aromatic N) is 1. The molecule has 2 aromatic rings. The number of aryl methyl sites for hydroxylation is 2.